The van der Waals surface area contributed by atoms with Crippen molar-refractivity contribution in [3.8, 4) is 5.75 Å². The average Bonchev–Trinajstić information content (AvgIpc) is 2.77. The Bertz CT molecular complexity index is 1000. The van der Waals surface area contributed by atoms with Crippen molar-refractivity contribution in [3.63, 3.8) is 0 Å². The lowest BCUT2D eigenvalue weighted by atomic mass is 10.1. The Morgan fingerprint density at radius 1 is 1.13 bits per heavy atom. The molecule has 1 amide bonds. The summed E-state index contributed by atoms with van der Waals surface area (Å²) in [5, 5.41) is 3.51. The van der Waals surface area contributed by atoms with Gasteiger partial charge in [0.15, 0.2) is 0 Å². The molecule has 0 spiro atoms. The van der Waals surface area contributed by atoms with Crippen LogP contribution in [0.4, 0.5) is 11.4 Å². The maximum absolute atomic E-state index is 12.4. The molecule has 1 heterocycles. The van der Waals surface area contributed by atoms with Gasteiger partial charge in [0.05, 0.1) is 43.7 Å². The number of hydrogen-bond acceptors (Lipinski definition) is 6. The maximum atomic E-state index is 12.4. The Kier molecular flexibility index (Phi) is 7.79. The van der Waals surface area contributed by atoms with Gasteiger partial charge in [0.1, 0.15) is 5.75 Å². The quantitative estimate of drug-likeness (QED) is 0.507. The molecule has 1 aliphatic rings. The normalized spacial score (nSPS) is 13.9. The minimum atomic E-state index is -0.480. The molecule has 0 bridgehead atoms. The minimum absolute atomic E-state index is 0.344. The Balaban J connectivity index is 1.80. The zero-order chi connectivity index (χ0) is 22.4. The first-order chi connectivity index (χ1) is 14.9. The predicted octanol–water partition coefficient (Wildman–Crippen LogP) is 4.28. The highest BCUT2D eigenvalue weighted by molar-refractivity contribution is 6.36. The van der Waals surface area contributed by atoms with E-state index in [1.165, 1.54) is 20.3 Å². The highest BCUT2D eigenvalue weighted by Gasteiger charge is 2.20. The van der Waals surface area contributed by atoms with Crippen LogP contribution < -0.4 is 15.0 Å². The molecule has 2 aromatic carbocycles. The molecule has 0 radical (unpaired) electrons. The third kappa shape index (κ3) is 5.70. The Morgan fingerprint density at radius 2 is 1.87 bits per heavy atom. The molecule has 7 nitrogen and oxygen atoms in total. The summed E-state index contributed by atoms with van der Waals surface area (Å²) in [6.07, 6.45) is 2.88. The van der Waals surface area contributed by atoms with E-state index < -0.39 is 11.9 Å². The summed E-state index contributed by atoms with van der Waals surface area (Å²) in [4.78, 5) is 26.8. The minimum Gasteiger partial charge on any atom is -0.495 e. The molecule has 0 saturated carbocycles. The zero-order valence-corrected chi connectivity index (χ0v) is 18.6. The van der Waals surface area contributed by atoms with Gasteiger partial charge in [-0.3, -0.25) is 4.79 Å². The molecule has 0 aromatic heterocycles. The van der Waals surface area contributed by atoms with E-state index in [1.807, 2.05) is 0 Å². The first-order valence-electron chi connectivity index (χ1n) is 9.50. The van der Waals surface area contributed by atoms with Gasteiger partial charge in [-0.05, 0) is 36.4 Å². The molecular formula is C22H22Cl2N2O5. The molecule has 0 atom stereocenters. The molecule has 164 valence electrons. The number of methoxy groups -OCH3 is 2. The second-order valence-electron chi connectivity index (χ2n) is 6.66. The molecule has 0 aliphatic carbocycles. The van der Waals surface area contributed by atoms with Crippen molar-refractivity contribution in [2.75, 3.05) is 50.7 Å². The van der Waals surface area contributed by atoms with Crippen LogP contribution in [-0.4, -0.2) is 52.4 Å². The summed E-state index contributed by atoms with van der Waals surface area (Å²) >= 11 is 12.2. The molecule has 2 aromatic rings. The largest absolute Gasteiger partial charge is 0.495 e. The number of anilines is 2. The average molecular weight is 465 g/mol. The van der Waals surface area contributed by atoms with Crippen LogP contribution in [0.3, 0.4) is 0 Å². The van der Waals surface area contributed by atoms with Crippen LogP contribution in [0.25, 0.3) is 6.08 Å². The number of carbonyl (C=O) groups excluding carboxylic acids is 2. The lowest BCUT2D eigenvalue weighted by Gasteiger charge is -2.30. The summed E-state index contributed by atoms with van der Waals surface area (Å²) in [5.74, 6) is -0.461. The van der Waals surface area contributed by atoms with E-state index in [0.29, 0.717) is 58.9 Å². The molecule has 0 unspecified atom stereocenters. The van der Waals surface area contributed by atoms with Crippen molar-refractivity contribution in [1.29, 1.82) is 0 Å². The summed E-state index contributed by atoms with van der Waals surface area (Å²) in [6.45, 7) is 2.51. The first kappa shape index (κ1) is 22.9. The van der Waals surface area contributed by atoms with Gasteiger partial charge < -0.3 is 24.4 Å². The van der Waals surface area contributed by atoms with E-state index in [1.54, 1.807) is 36.4 Å². The summed E-state index contributed by atoms with van der Waals surface area (Å²) in [5.41, 5.74) is 2.13. The molecule has 9 heteroatoms. The van der Waals surface area contributed by atoms with Gasteiger partial charge in [0.2, 0.25) is 5.91 Å². The van der Waals surface area contributed by atoms with Gasteiger partial charge in [0, 0.05) is 35.4 Å². The van der Waals surface area contributed by atoms with Crippen LogP contribution in [0.2, 0.25) is 10.0 Å². The number of esters is 1. The van der Waals surface area contributed by atoms with Crippen LogP contribution in [-0.2, 0) is 14.3 Å². The van der Waals surface area contributed by atoms with E-state index in [4.69, 9.17) is 37.4 Å². The third-order valence-electron chi connectivity index (χ3n) is 4.68. The number of carbonyl (C=O) groups is 2. The molecule has 3 rings (SSSR count). The second kappa shape index (κ2) is 10.5. The van der Waals surface area contributed by atoms with E-state index >= 15 is 0 Å². The molecule has 1 aliphatic heterocycles. The molecular weight excluding hydrogens is 443 g/mol. The van der Waals surface area contributed by atoms with E-state index in [9.17, 15) is 9.59 Å². The fourth-order valence-corrected chi connectivity index (χ4v) is 3.82. The molecule has 31 heavy (non-hydrogen) atoms. The number of ether oxygens (including phenoxy) is 3. The van der Waals surface area contributed by atoms with Gasteiger partial charge in [-0.1, -0.05) is 23.2 Å². The fourth-order valence-electron chi connectivity index (χ4n) is 3.24. The Labute approximate surface area is 190 Å². The predicted molar refractivity (Wildman–Crippen MR) is 121 cm³/mol. The van der Waals surface area contributed by atoms with Crippen LogP contribution in [0.1, 0.15) is 15.9 Å². The Hall–Kier alpha value is -2.74. The summed E-state index contributed by atoms with van der Waals surface area (Å²) in [7, 11) is 2.81. The SMILES string of the molecule is COC(=O)c1cc(NC(=O)C=Cc2cc(Cl)cc(Cl)c2OC)ccc1N1CCOCC1. The number of morpholine rings is 1. The number of nitrogens with one attached hydrogen (secondary N) is 1. The monoisotopic (exact) mass is 464 g/mol. The highest BCUT2D eigenvalue weighted by atomic mass is 35.5. The molecule has 1 N–H and O–H groups in total. The van der Waals surface area contributed by atoms with Crippen molar-refractivity contribution in [2.45, 2.75) is 0 Å². The number of halogens is 2. The first-order valence-corrected chi connectivity index (χ1v) is 10.3. The van der Waals surface area contributed by atoms with Crippen molar-refractivity contribution in [1.82, 2.24) is 0 Å². The third-order valence-corrected chi connectivity index (χ3v) is 5.18. The zero-order valence-electron chi connectivity index (χ0n) is 17.1. The smallest absolute Gasteiger partial charge is 0.340 e. The van der Waals surface area contributed by atoms with Gasteiger partial charge >= 0.3 is 5.97 Å². The van der Waals surface area contributed by atoms with E-state index in [-0.39, 0.29) is 0 Å². The van der Waals surface area contributed by atoms with Crippen molar-refractivity contribution >= 4 is 52.5 Å². The van der Waals surface area contributed by atoms with Crippen LogP contribution in [0, 0.1) is 0 Å². The van der Waals surface area contributed by atoms with Gasteiger partial charge in [-0.15, -0.1) is 0 Å². The summed E-state index contributed by atoms with van der Waals surface area (Å²) < 4.78 is 15.6. The van der Waals surface area contributed by atoms with Crippen molar-refractivity contribution in [3.05, 3.63) is 57.6 Å². The standard InChI is InChI=1S/C22H22Cl2N2O5/c1-29-21-14(11-15(23)12-18(21)24)3-6-20(27)25-16-4-5-19(17(13-16)22(28)30-2)26-7-9-31-10-8-26/h3-6,11-13H,7-10H2,1-2H3,(H,25,27). The van der Waals surface area contributed by atoms with Crippen LogP contribution in [0.15, 0.2) is 36.4 Å². The number of hydrogen-bond donors (Lipinski definition) is 1. The fraction of sp³-hybridized carbons (Fsp3) is 0.273. The number of benzene rings is 2. The summed E-state index contributed by atoms with van der Waals surface area (Å²) in [6, 6.07) is 8.32. The number of nitrogens with zero attached hydrogens (tertiary/aromatic N) is 1. The number of rotatable bonds is 6. The molecule has 1 saturated heterocycles. The van der Waals surface area contributed by atoms with Gasteiger partial charge in [-0.25, -0.2) is 4.79 Å². The lowest BCUT2D eigenvalue weighted by molar-refractivity contribution is -0.111. The van der Waals surface area contributed by atoms with Crippen molar-refractivity contribution in [2.24, 2.45) is 0 Å². The van der Waals surface area contributed by atoms with E-state index in [2.05, 4.69) is 10.2 Å². The van der Waals surface area contributed by atoms with Gasteiger partial charge in [-0.2, -0.15) is 0 Å². The van der Waals surface area contributed by atoms with Gasteiger partial charge in [0.25, 0.3) is 0 Å². The second-order valence-corrected chi connectivity index (χ2v) is 7.50. The van der Waals surface area contributed by atoms with Crippen molar-refractivity contribution < 1.29 is 23.8 Å². The van der Waals surface area contributed by atoms with Crippen LogP contribution in [0.5, 0.6) is 5.75 Å². The van der Waals surface area contributed by atoms with Crippen LogP contribution >= 0.6 is 23.2 Å². The Morgan fingerprint density at radius 3 is 2.55 bits per heavy atom. The topological polar surface area (TPSA) is 77.1 Å². The molecule has 1 fully saturated rings. The van der Waals surface area contributed by atoms with E-state index in [0.717, 1.165) is 5.69 Å². The maximum Gasteiger partial charge on any atom is 0.340 e. The number of amides is 1. The lowest BCUT2D eigenvalue weighted by Crippen LogP contribution is -2.37. The highest BCUT2D eigenvalue weighted by Crippen LogP contribution is 2.33.